The Morgan fingerprint density at radius 3 is 2.12 bits per heavy atom. The minimum absolute atomic E-state index is 0.0329. The van der Waals surface area contributed by atoms with Crippen LogP contribution in [0.4, 0.5) is 15.8 Å². The summed E-state index contributed by atoms with van der Waals surface area (Å²) < 4.78 is 67.9. The number of nitrogens with one attached hydrogen (secondary N) is 1. The fourth-order valence-electron chi connectivity index (χ4n) is 3.23. The van der Waals surface area contributed by atoms with E-state index >= 15 is 0 Å². The van der Waals surface area contributed by atoms with E-state index in [9.17, 15) is 26.0 Å². The van der Waals surface area contributed by atoms with Crippen molar-refractivity contribution < 1.29 is 26.0 Å². The monoisotopic (exact) mass is 525 g/mol. The summed E-state index contributed by atoms with van der Waals surface area (Å²) in [6, 6.07) is 13.8. The summed E-state index contributed by atoms with van der Waals surface area (Å²) in [5, 5.41) is 4.11. The van der Waals surface area contributed by atoms with Crippen LogP contribution >= 0.6 is 11.3 Å². The third kappa shape index (κ3) is 5.46. The molecule has 1 heterocycles. The lowest BCUT2D eigenvalue weighted by Crippen LogP contribution is -2.38. The van der Waals surface area contributed by atoms with Crippen LogP contribution in [0.25, 0.3) is 0 Å². The van der Waals surface area contributed by atoms with Gasteiger partial charge < -0.3 is 5.32 Å². The van der Waals surface area contributed by atoms with E-state index in [0.717, 1.165) is 17.4 Å². The van der Waals surface area contributed by atoms with Crippen LogP contribution in [-0.4, -0.2) is 46.7 Å². The third-order valence-electron chi connectivity index (χ3n) is 4.93. The van der Waals surface area contributed by atoms with Crippen LogP contribution in [0.2, 0.25) is 0 Å². The second-order valence-corrected chi connectivity index (χ2v) is 12.0. The second kappa shape index (κ2) is 10.6. The van der Waals surface area contributed by atoms with Gasteiger partial charge in [-0.05, 0) is 47.8 Å². The van der Waals surface area contributed by atoms with Gasteiger partial charge >= 0.3 is 0 Å². The molecule has 1 amide bonds. The first-order chi connectivity index (χ1) is 16.1. The Balaban J connectivity index is 1.84. The molecule has 3 rings (SSSR count). The lowest BCUT2D eigenvalue weighted by Gasteiger charge is -2.23. The van der Waals surface area contributed by atoms with E-state index in [1.807, 2.05) is 0 Å². The molecular formula is C22H24FN3O5S3. The van der Waals surface area contributed by atoms with Gasteiger partial charge in [-0.15, -0.1) is 11.3 Å². The van der Waals surface area contributed by atoms with Crippen LogP contribution in [0.3, 0.4) is 0 Å². The standard InChI is InChI=1S/C22H24FN3O5S3/c1-3-25(4-2)33(28,29)18-13-11-17(12-14-18)24-21(27)16-26(20-9-6-5-8-19(20)23)34(30,31)22-10-7-15-32-22/h5-15H,3-4,16H2,1-2H3,(H,24,27). The molecule has 0 unspecified atom stereocenters. The van der Waals surface area contributed by atoms with Crippen molar-refractivity contribution in [2.75, 3.05) is 29.3 Å². The van der Waals surface area contributed by atoms with Gasteiger partial charge in [-0.3, -0.25) is 9.10 Å². The summed E-state index contributed by atoms with van der Waals surface area (Å²) in [6.07, 6.45) is 0. The molecule has 0 saturated heterocycles. The molecular weight excluding hydrogens is 501 g/mol. The predicted octanol–water partition coefficient (Wildman–Crippen LogP) is 3.75. The lowest BCUT2D eigenvalue weighted by atomic mass is 10.3. The van der Waals surface area contributed by atoms with Gasteiger partial charge in [0.1, 0.15) is 16.6 Å². The zero-order chi connectivity index (χ0) is 24.9. The summed E-state index contributed by atoms with van der Waals surface area (Å²) >= 11 is 0.955. The number of para-hydroxylation sites is 1. The molecule has 0 bridgehead atoms. The van der Waals surface area contributed by atoms with Gasteiger partial charge in [0, 0.05) is 18.8 Å². The molecule has 3 aromatic rings. The van der Waals surface area contributed by atoms with Crippen LogP contribution < -0.4 is 9.62 Å². The number of amides is 1. The molecule has 8 nitrogen and oxygen atoms in total. The molecule has 12 heteroatoms. The number of hydrogen-bond acceptors (Lipinski definition) is 6. The van der Waals surface area contributed by atoms with Crippen molar-refractivity contribution in [2.24, 2.45) is 0 Å². The maximum absolute atomic E-state index is 14.5. The number of hydrogen-bond donors (Lipinski definition) is 1. The van der Waals surface area contributed by atoms with Crippen LogP contribution in [0, 0.1) is 5.82 Å². The number of rotatable bonds is 10. The molecule has 0 fully saturated rings. The molecule has 0 saturated carbocycles. The Bertz CT molecular complexity index is 1340. The largest absolute Gasteiger partial charge is 0.325 e. The minimum atomic E-state index is -4.20. The number of sulfonamides is 2. The first kappa shape index (κ1) is 25.8. The molecule has 182 valence electrons. The highest BCUT2D eigenvalue weighted by Gasteiger charge is 2.30. The van der Waals surface area contributed by atoms with Crippen molar-refractivity contribution >= 4 is 48.7 Å². The molecule has 2 aromatic carbocycles. The number of benzene rings is 2. The van der Waals surface area contributed by atoms with Crippen LogP contribution in [0.1, 0.15) is 13.8 Å². The second-order valence-electron chi connectivity index (χ2n) is 7.06. The van der Waals surface area contributed by atoms with Crippen molar-refractivity contribution in [2.45, 2.75) is 23.0 Å². The number of anilines is 2. The normalized spacial score (nSPS) is 12.0. The van der Waals surface area contributed by atoms with E-state index < -0.39 is 38.3 Å². The Kier molecular flexibility index (Phi) is 8.08. The van der Waals surface area contributed by atoms with Gasteiger partial charge in [-0.2, -0.15) is 4.31 Å². The average Bonchev–Trinajstić information content (AvgIpc) is 3.35. The summed E-state index contributed by atoms with van der Waals surface area (Å²) in [5.41, 5.74) is 0.0113. The smallest absolute Gasteiger partial charge is 0.274 e. The van der Waals surface area contributed by atoms with Gasteiger partial charge in [-0.25, -0.2) is 21.2 Å². The van der Waals surface area contributed by atoms with E-state index in [1.54, 1.807) is 25.3 Å². The zero-order valence-corrected chi connectivity index (χ0v) is 21.0. The summed E-state index contributed by atoms with van der Waals surface area (Å²) in [5.74, 6) is -1.51. The van der Waals surface area contributed by atoms with E-state index in [4.69, 9.17) is 0 Å². The molecule has 0 aliphatic rings. The van der Waals surface area contributed by atoms with Gasteiger partial charge in [-0.1, -0.05) is 32.0 Å². The number of carbonyl (C=O) groups is 1. The van der Waals surface area contributed by atoms with Crippen molar-refractivity contribution in [3.63, 3.8) is 0 Å². The summed E-state index contributed by atoms with van der Waals surface area (Å²) in [7, 11) is -7.85. The van der Waals surface area contributed by atoms with Crippen molar-refractivity contribution in [1.82, 2.24) is 4.31 Å². The van der Waals surface area contributed by atoms with E-state index in [2.05, 4.69) is 5.32 Å². The number of nitrogens with zero attached hydrogens (tertiary/aromatic N) is 2. The maximum atomic E-state index is 14.5. The van der Waals surface area contributed by atoms with Crippen LogP contribution in [0.15, 0.2) is 75.1 Å². The van der Waals surface area contributed by atoms with Gasteiger partial charge in [0.25, 0.3) is 10.0 Å². The molecule has 0 radical (unpaired) electrons. The first-order valence-corrected chi connectivity index (χ1v) is 14.1. The first-order valence-electron chi connectivity index (χ1n) is 10.3. The fourth-order valence-corrected chi connectivity index (χ4v) is 7.22. The minimum Gasteiger partial charge on any atom is -0.325 e. The molecule has 0 spiro atoms. The highest BCUT2D eigenvalue weighted by molar-refractivity contribution is 7.94. The Labute approximate surface area is 202 Å². The van der Waals surface area contributed by atoms with Crippen LogP contribution in [-0.2, 0) is 24.8 Å². The molecule has 34 heavy (non-hydrogen) atoms. The highest BCUT2D eigenvalue weighted by atomic mass is 32.2. The van der Waals surface area contributed by atoms with Gasteiger partial charge in [0.05, 0.1) is 10.6 Å². The highest BCUT2D eigenvalue weighted by Crippen LogP contribution is 2.28. The Hall–Kier alpha value is -2.80. The van der Waals surface area contributed by atoms with Gasteiger partial charge in [0.15, 0.2) is 0 Å². The molecule has 1 N–H and O–H groups in total. The van der Waals surface area contributed by atoms with E-state index in [1.165, 1.54) is 52.8 Å². The SMILES string of the molecule is CCN(CC)S(=O)(=O)c1ccc(NC(=O)CN(c2ccccc2F)S(=O)(=O)c2cccs2)cc1. The summed E-state index contributed by atoms with van der Waals surface area (Å²) in [6.45, 7) is 3.44. The maximum Gasteiger partial charge on any atom is 0.274 e. The van der Waals surface area contributed by atoms with Gasteiger partial charge in [0.2, 0.25) is 15.9 Å². The van der Waals surface area contributed by atoms with Crippen molar-refractivity contribution in [3.05, 3.63) is 71.9 Å². The topological polar surface area (TPSA) is 104 Å². The fraction of sp³-hybridized carbons (Fsp3) is 0.227. The molecule has 0 aliphatic heterocycles. The lowest BCUT2D eigenvalue weighted by molar-refractivity contribution is -0.114. The van der Waals surface area contributed by atoms with Crippen LogP contribution in [0.5, 0.6) is 0 Å². The van der Waals surface area contributed by atoms with Crippen molar-refractivity contribution in [1.29, 1.82) is 0 Å². The Morgan fingerprint density at radius 1 is 0.912 bits per heavy atom. The average molecular weight is 526 g/mol. The molecule has 1 aromatic heterocycles. The number of thiophene rings is 1. The molecule has 0 aliphatic carbocycles. The zero-order valence-electron chi connectivity index (χ0n) is 18.5. The predicted molar refractivity (Wildman–Crippen MR) is 130 cm³/mol. The number of carbonyl (C=O) groups excluding carboxylic acids is 1. The van der Waals surface area contributed by atoms with Crippen molar-refractivity contribution in [3.8, 4) is 0 Å². The number of halogens is 1. The molecule has 0 atom stereocenters. The quantitative estimate of drug-likeness (QED) is 0.434. The van der Waals surface area contributed by atoms with E-state index in [-0.39, 0.29) is 20.5 Å². The Morgan fingerprint density at radius 2 is 1.56 bits per heavy atom. The van der Waals surface area contributed by atoms with E-state index in [0.29, 0.717) is 17.4 Å². The third-order valence-corrected chi connectivity index (χ3v) is 10.1. The summed E-state index contributed by atoms with van der Waals surface area (Å²) in [4.78, 5) is 12.8.